The van der Waals surface area contributed by atoms with E-state index < -0.39 is 17.7 Å². The average Bonchev–Trinajstić information content (AvgIpc) is 2.94. The van der Waals surface area contributed by atoms with Gasteiger partial charge in [-0.25, -0.2) is 18.6 Å². The lowest BCUT2D eigenvalue weighted by atomic mass is 10.2. The molecule has 8 heteroatoms. The number of nitrogens with one attached hydrogen (secondary N) is 1. The van der Waals surface area contributed by atoms with Gasteiger partial charge in [0.15, 0.2) is 16.8 Å². The molecule has 0 aliphatic carbocycles. The van der Waals surface area contributed by atoms with Crippen molar-refractivity contribution in [1.82, 2.24) is 4.98 Å². The number of hydrogen-bond acceptors (Lipinski definition) is 4. The Morgan fingerprint density at radius 2 is 2.00 bits per heavy atom. The van der Waals surface area contributed by atoms with Gasteiger partial charge in [0.1, 0.15) is 12.1 Å². The molecule has 2 aromatic carbocycles. The lowest BCUT2D eigenvalue weighted by Crippen LogP contribution is -2.13. The summed E-state index contributed by atoms with van der Waals surface area (Å²) in [5, 5.41) is 2.54. The van der Waals surface area contributed by atoms with Crippen LogP contribution in [0.2, 0.25) is 0 Å². The van der Waals surface area contributed by atoms with Gasteiger partial charge in [0.25, 0.3) is 0 Å². The third-order valence-electron chi connectivity index (χ3n) is 2.94. The van der Waals surface area contributed by atoms with Crippen molar-refractivity contribution in [2.75, 3.05) is 5.32 Å². The number of anilines is 1. The third-order valence-corrected chi connectivity index (χ3v) is 4.44. The van der Waals surface area contributed by atoms with Gasteiger partial charge in [0, 0.05) is 0 Å². The number of carbonyl (C=O) groups is 1. The molecule has 0 saturated heterocycles. The van der Waals surface area contributed by atoms with Crippen molar-refractivity contribution >= 4 is 48.7 Å². The second-order valence-corrected chi connectivity index (χ2v) is 6.42. The number of rotatable bonds is 3. The molecule has 0 aliphatic heterocycles. The van der Waals surface area contributed by atoms with Crippen molar-refractivity contribution in [3.05, 3.63) is 58.1 Å². The first-order valence-electron chi connectivity index (χ1n) is 6.46. The van der Waals surface area contributed by atoms with E-state index >= 15 is 0 Å². The molecule has 0 atom stereocenters. The molecule has 118 valence electrons. The quantitative estimate of drug-likeness (QED) is 0.625. The van der Waals surface area contributed by atoms with Crippen LogP contribution >= 0.6 is 27.3 Å². The van der Waals surface area contributed by atoms with E-state index in [0.29, 0.717) is 4.70 Å². The summed E-state index contributed by atoms with van der Waals surface area (Å²) in [6.45, 7) is 0.103. The standard InChI is InChI=1S/C15H9BrF2N2O2S/c16-9-6-10-13(12(18)11(9)17)19-14(23-10)20-15(21)22-7-8-4-2-1-3-5-8/h1-6H,7H2,(H,19,20,21). The molecule has 23 heavy (non-hydrogen) atoms. The Morgan fingerprint density at radius 1 is 1.26 bits per heavy atom. The number of halogens is 3. The Labute approximate surface area is 142 Å². The van der Waals surface area contributed by atoms with Crippen molar-refractivity contribution in [1.29, 1.82) is 0 Å². The number of nitrogens with zero attached hydrogens (tertiary/aromatic N) is 1. The van der Waals surface area contributed by atoms with Crippen LogP contribution in [0.15, 0.2) is 40.9 Å². The fourth-order valence-electron chi connectivity index (χ4n) is 1.87. The van der Waals surface area contributed by atoms with Crippen molar-refractivity contribution in [2.24, 2.45) is 0 Å². The van der Waals surface area contributed by atoms with Crippen LogP contribution in [0, 0.1) is 11.6 Å². The van der Waals surface area contributed by atoms with Crippen molar-refractivity contribution in [2.45, 2.75) is 6.61 Å². The lowest BCUT2D eigenvalue weighted by molar-refractivity contribution is 0.155. The summed E-state index contributed by atoms with van der Waals surface area (Å²) in [7, 11) is 0. The topological polar surface area (TPSA) is 51.2 Å². The Balaban J connectivity index is 1.71. The van der Waals surface area contributed by atoms with Gasteiger partial charge in [-0.15, -0.1) is 0 Å². The normalized spacial score (nSPS) is 10.7. The second-order valence-electron chi connectivity index (χ2n) is 4.54. The number of aromatic nitrogens is 1. The van der Waals surface area contributed by atoms with Crippen LogP contribution < -0.4 is 5.32 Å². The van der Waals surface area contributed by atoms with E-state index in [1.54, 1.807) is 0 Å². The summed E-state index contributed by atoms with van der Waals surface area (Å²) in [5.74, 6) is -2.07. The predicted octanol–water partition coefficient (Wildman–Crippen LogP) is 5.09. The minimum Gasteiger partial charge on any atom is -0.444 e. The molecule has 0 fully saturated rings. The highest BCUT2D eigenvalue weighted by Crippen LogP contribution is 2.32. The number of carbonyl (C=O) groups excluding carboxylic acids is 1. The molecule has 1 amide bonds. The Morgan fingerprint density at radius 3 is 2.74 bits per heavy atom. The summed E-state index contributed by atoms with van der Waals surface area (Å²) >= 11 is 3.95. The summed E-state index contributed by atoms with van der Waals surface area (Å²) < 4.78 is 32.7. The molecule has 0 saturated carbocycles. The van der Waals surface area contributed by atoms with Gasteiger partial charge in [0.05, 0.1) is 9.17 Å². The number of ether oxygens (including phenoxy) is 1. The van der Waals surface area contributed by atoms with Crippen molar-refractivity contribution in [3.8, 4) is 0 Å². The van der Waals surface area contributed by atoms with Gasteiger partial charge in [-0.3, -0.25) is 5.32 Å². The Hall–Kier alpha value is -2.06. The van der Waals surface area contributed by atoms with Crippen LogP contribution in [-0.4, -0.2) is 11.1 Å². The number of benzene rings is 2. The maximum absolute atomic E-state index is 13.8. The molecule has 3 rings (SSSR count). The SMILES string of the molecule is O=C(Nc1nc2c(F)c(F)c(Br)cc2s1)OCc1ccccc1. The zero-order valence-electron chi connectivity index (χ0n) is 11.5. The number of thiazole rings is 1. The predicted molar refractivity (Wildman–Crippen MR) is 87.5 cm³/mol. The zero-order valence-corrected chi connectivity index (χ0v) is 13.9. The number of amides is 1. The number of fused-ring (bicyclic) bond motifs is 1. The highest BCUT2D eigenvalue weighted by atomic mass is 79.9. The molecule has 3 aromatic rings. The Bertz CT molecular complexity index is 871. The number of hydrogen-bond donors (Lipinski definition) is 1. The molecule has 0 radical (unpaired) electrons. The van der Waals surface area contributed by atoms with Crippen LogP contribution in [0.25, 0.3) is 10.2 Å². The van der Waals surface area contributed by atoms with E-state index in [2.05, 4.69) is 26.2 Å². The van der Waals surface area contributed by atoms with Crippen molar-refractivity contribution < 1.29 is 18.3 Å². The first kappa shape index (κ1) is 15.8. The highest BCUT2D eigenvalue weighted by molar-refractivity contribution is 9.10. The Kier molecular flexibility index (Phi) is 4.53. The van der Waals surface area contributed by atoms with Crippen molar-refractivity contribution in [3.63, 3.8) is 0 Å². The lowest BCUT2D eigenvalue weighted by Gasteiger charge is -2.04. The molecular weight excluding hydrogens is 390 g/mol. The molecular formula is C15H9BrF2N2O2S. The molecule has 0 bridgehead atoms. The molecule has 1 heterocycles. The first-order valence-corrected chi connectivity index (χ1v) is 8.07. The van der Waals surface area contributed by atoms with Gasteiger partial charge in [-0.05, 0) is 27.6 Å². The molecule has 0 aliphatic rings. The monoisotopic (exact) mass is 398 g/mol. The second kappa shape index (κ2) is 6.59. The fourth-order valence-corrected chi connectivity index (χ4v) is 3.32. The first-order chi connectivity index (χ1) is 11.0. The molecule has 4 nitrogen and oxygen atoms in total. The van der Waals surface area contributed by atoms with Gasteiger partial charge < -0.3 is 4.74 Å². The van der Waals surface area contributed by atoms with E-state index in [0.717, 1.165) is 16.9 Å². The maximum atomic E-state index is 13.8. The van der Waals surface area contributed by atoms with Gasteiger partial charge in [-0.2, -0.15) is 0 Å². The molecule has 1 N–H and O–H groups in total. The zero-order chi connectivity index (χ0) is 16.4. The van der Waals surface area contributed by atoms with Crippen LogP contribution in [0.1, 0.15) is 5.56 Å². The van der Waals surface area contributed by atoms with E-state index in [9.17, 15) is 13.6 Å². The highest BCUT2D eigenvalue weighted by Gasteiger charge is 2.17. The van der Waals surface area contributed by atoms with Crippen LogP contribution in [0.4, 0.5) is 18.7 Å². The summed E-state index contributed by atoms with van der Waals surface area (Å²) in [6, 6.07) is 10.6. The molecule has 0 spiro atoms. The van der Waals surface area contributed by atoms with Crippen LogP contribution in [0.5, 0.6) is 0 Å². The minimum atomic E-state index is -1.06. The minimum absolute atomic E-state index is 0.00403. The summed E-state index contributed by atoms with van der Waals surface area (Å²) in [5.41, 5.74) is 0.707. The maximum Gasteiger partial charge on any atom is 0.413 e. The van der Waals surface area contributed by atoms with Gasteiger partial charge in [0.2, 0.25) is 0 Å². The molecule has 0 unspecified atom stereocenters. The van der Waals surface area contributed by atoms with Gasteiger partial charge >= 0.3 is 6.09 Å². The fraction of sp³-hybridized carbons (Fsp3) is 0.0667. The summed E-state index contributed by atoms with van der Waals surface area (Å²) in [6.07, 6.45) is -0.715. The average molecular weight is 399 g/mol. The third kappa shape index (κ3) is 3.48. The van der Waals surface area contributed by atoms with Crippen LogP contribution in [-0.2, 0) is 11.3 Å². The van der Waals surface area contributed by atoms with Crippen LogP contribution in [0.3, 0.4) is 0 Å². The van der Waals surface area contributed by atoms with E-state index in [1.807, 2.05) is 30.3 Å². The van der Waals surface area contributed by atoms with E-state index in [4.69, 9.17) is 4.74 Å². The van der Waals surface area contributed by atoms with E-state index in [-0.39, 0.29) is 21.7 Å². The molecule has 1 aromatic heterocycles. The largest absolute Gasteiger partial charge is 0.444 e. The smallest absolute Gasteiger partial charge is 0.413 e. The summed E-state index contributed by atoms with van der Waals surface area (Å²) in [4.78, 5) is 15.6. The van der Waals surface area contributed by atoms with Gasteiger partial charge in [-0.1, -0.05) is 41.7 Å². The van der Waals surface area contributed by atoms with E-state index in [1.165, 1.54) is 6.07 Å².